The Morgan fingerprint density at radius 3 is 2.11 bits per heavy atom. The van der Waals surface area contributed by atoms with Crippen LogP contribution in [0.1, 0.15) is 38.5 Å². The average Bonchev–Trinajstić information content (AvgIpc) is 2.19. The van der Waals surface area contributed by atoms with Crippen molar-refractivity contribution in [2.75, 3.05) is 5.32 Å². The highest BCUT2D eigenvalue weighted by atomic mass is 19.2. The van der Waals surface area contributed by atoms with Crippen LogP contribution in [0, 0.1) is 23.5 Å². The number of anilines is 1. The molecule has 98 valence electrons. The zero-order valence-electron chi connectivity index (χ0n) is 10.5. The second-order valence-electron chi connectivity index (χ2n) is 5.65. The van der Waals surface area contributed by atoms with Crippen molar-refractivity contribution in [1.29, 1.82) is 0 Å². The fourth-order valence-corrected chi connectivity index (χ4v) is 3.01. The molecule has 18 heavy (non-hydrogen) atoms. The molecule has 0 saturated heterocycles. The van der Waals surface area contributed by atoms with Crippen LogP contribution in [0.25, 0.3) is 0 Å². The molecule has 2 aliphatic carbocycles. The van der Waals surface area contributed by atoms with Crippen LogP contribution in [0.2, 0.25) is 0 Å². The lowest BCUT2D eigenvalue weighted by atomic mass is 9.68. The maximum absolute atomic E-state index is 13.7. The lowest BCUT2D eigenvalue weighted by Gasteiger charge is -2.43. The molecule has 0 unspecified atom stereocenters. The SMILES string of the molecule is Fc1cccc(NC(C2CCC2)C2CCC2)c1F. The van der Waals surface area contributed by atoms with Crippen molar-refractivity contribution in [2.24, 2.45) is 11.8 Å². The fraction of sp³-hybridized carbons (Fsp3) is 0.600. The molecule has 2 fully saturated rings. The zero-order valence-corrected chi connectivity index (χ0v) is 10.5. The van der Waals surface area contributed by atoms with E-state index in [1.54, 1.807) is 12.1 Å². The van der Waals surface area contributed by atoms with E-state index in [1.807, 2.05) is 0 Å². The van der Waals surface area contributed by atoms with Crippen LogP contribution in [0.5, 0.6) is 0 Å². The van der Waals surface area contributed by atoms with Crippen molar-refractivity contribution in [1.82, 2.24) is 0 Å². The number of nitrogens with one attached hydrogen (secondary N) is 1. The molecular formula is C15H19F2N. The third-order valence-corrected chi connectivity index (χ3v) is 4.59. The van der Waals surface area contributed by atoms with Crippen LogP contribution >= 0.6 is 0 Å². The second kappa shape index (κ2) is 4.87. The molecule has 0 aromatic heterocycles. The van der Waals surface area contributed by atoms with Crippen LogP contribution in [0.3, 0.4) is 0 Å². The predicted molar refractivity (Wildman–Crippen MR) is 68.5 cm³/mol. The Balaban J connectivity index is 1.76. The Bertz CT molecular complexity index is 411. The van der Waals surface area contributed by atoms with Gasteiger partial charge >= 0.3 is 0 Å². The largest absolute Gasteiger partial charge is 0.379 e. The van der Waals surface area contributed by atoms with E-state index >= 15 is 0 Å². The molecule has 0 amide bonds. The summed E-state index contributed by atoms with van der Waals surface area (Å²) < 4.78 is 26.9. The van der Waals surface area contributed by atoms with Crippen molar-refractivity contribution in [3.63, 3.8) is 0 Å². The molecule has 0 atom stereocenters. The molecule has 1 N–H and O–H groups in total. The quantitative estimate of drug-likeness (QED) is 0.839. The zero-order chi connectivity index (χ0) is 12.5. The van der Waals surface area contributed by atoms with Gasteiger partial charge < -0.3 is 5.32 Å². The summed E-state index contributed by atoms with van der Waals surface area (Å²) in [5.74, 6) is -0.196. The highest BCUT2D eigenvalue weighted by Gasteiger charge is 2.36. The smallest absolute Gasteiger partial charge is 0.181 e. The van der Waals surface area contributed by atoms with Gasteiger partial charge in [-0.3, -0.25) is 0 Å². The minimum atomic E-state index is -0.763. The van der Waals surface area contributed by atoms with Crippen molar-refractivity contribution >= 4 is 5.69 Å². The van der Waals surface area contributed by atoms with Gasteiger partial charge in [-0.15, -0.1) is 0 Å². The maximum Gasteiger partial charge on any atom is 0.181 e. The van der Waals surface area contributed by atoms with Crippen LogP contribution in [0.15, 0.2) is 18.2 Å². The molecule has 0 bridgehead atoms. The first kappa shape index (κ1) is 11.9. The number of benzene rings is 1. The highest BCUT2D eigenvalue weighted by molar-refractivity contribution is 5.46. The molecule has 1 aromatic carbocycles. The summed E-state index contributed by atoms with van der Waals surface area (Å²) in [7, 11) is 0. The van der Waals surface area contributed by atoms with Gasteiger partial charge in [0.05, 0.1) is 5.69 Å². The standard InChI is InChI=1S/C15H19F2N/c16-12-8-3-9-13(14(12)17)18-15(10-4-1-5-10)11-6-2-7-11/h3,8-11,15,18H,1-2,4-7H2. The molecular weight excluding hydrogens is 232 g/mol. The molecule has 0 spiro atoms. The minimum absolute atomic E-state index is 0.332. The van der Waals surface area contributed by atoms with Gasteiger partial charge in [-0.1, -0.05) is 18.9 Å². The number of hydrogen-bond acceptors (Lipinski definition) is 1. The molecule has 0 radical (unpaired) electrons. The Labute approximate surface area is 107 Å². The van der Waals surface area contributed by atoms with Crippen molar-refractivity contribution in [2.45, 2.75) is 44.6 Å². The normalized spacial score (nSPS) is 20.6. The average molecular weight is 251 g/mol. The first-order valence-electron chi connectivity index (χ1n) is 6.96. The summed E-state index contributed by atoms with van der Waals surface area (Å²) in [6, 6.07) is 4.72. The highest BCUT2D eigenvalue weighted by Crippen LogP contribution is 2.41. The molecule has 0 heterocycles. The van der Waals surface area contributed by atoms with Gasteiger partial charge in [-0.2, -0.15) is 0 Å². The number of hydrogen-bond donors (Lipinski definition) is 1. The minimum Gasteiger partial charge on any atom is -0.379 e. The fourth-order valence-electron chi connectivity index (χ4n) is 3.01. The molecule has 3 heteroatoms. The summed E-state index contributed by atoms with van der Waals surface area (Å²) in [6.07, 6.45) is 7.47. The summed E-state index contributed by atoms with van der Waals surface area (Å²) >= 11 is 0. The van der Waals surface area contributed by atoms with E-state index in [0.717, 1.165) is 0 Å². The molecule has 0 aliphatic heterocycles. The lowest BCUT2D eigenvalue weighted by molar-refractivity contribution is 0.165. The van der Waals surface area contributed by atoms with Crippen molar-refractivity contribution < 1.29 is 8.78 Å². The molecule has 2 saturated carbocycles. The van der Waals surface area contributed by atoms with Crippen molar-refractivity contribution in [3.05, 3.63) is 29.8 Å². The van der Waals surface area contributed by atoms with Gasteiger partial charge in [-0.25, -0.2) is 8.78 Å². The molecule has 1 nitrogen and oxygen atoms in total. The molecule has 1 aromatic rings. The molecule has 3 rings (SSSR count). The number of halogens is 2. The third kappa shape index (κ3) is 2.11. The summed E-state index contributed by atoms with van der Waals surface area (Å²) in [5.41, 5.74) is 0.332. The van der Waals surface area contributed by atoms with E-state index in [2.05, 4.69) is 5.32 Å². The first-order chi connectivity index (χ1) is 8.75. The Hall–Kier alpha value is -1.12. The van der Waals surface area contributed by atoms with E-state index in [0.29, 0.717) is 23.6 Å². The van der Waals surface area contributed by atoms with Gasteiger partial charge in [0.25, 0.3) is 0 Å². The van der Waals surface area contributed by atoms with Crippen LogP contribution < -0.4 is 5.32 Å². The Morgan fingerprint density at radius 1 is 1.00 bits per heavy atom. The summed E-state index contributed by atoms with van der Waals surface area (Å²) in [6.45, 7) is 0. The number of rotatable bonds is 4. The topological polar surface area (TPSA) is 12.0 Å². The van der Waals surface area contributed by atoms with Crippen LogP contribution in [-0.4, -0.2) is 6.04 Å². The summed E-state index contributed by atoms with van der Waals surface area (Å²) in [5, 5.41) is 3.28. The summed E-state index contributed by atoms with van der Waals surface area (Å²) in [4.78, 5) is 0. The van der Waals surface area contributed by atoms with Gasteiger partial charge in [-0.05, 0) is 49.7 Å². The van der Waals surface area contributed by atoms with Gasteiger partial charge in [0.15, 0.2) is 11.6 Å². The monoisotopic (exact) mass is 251 g/mol. The van der Waals surface area contributed by atoms with Crippen LogP contribution in [-0.2, 0) is 0 Å². The Morgan fingerprint density at radius 2 is 1.61 bits per heavy atom. The third-order valence-electron chi connectivity index (χ3n) is 4.59. The maximum atomic E-state index is 13.7. The first-order valence-corrected chi connectivity index (χ1v) is 6.96. The second-order valence-corrected chi connectivity index (χ2v) is 5.65. The molecule has 2 aliphatic rings. The van der Waals surface area contributed by atoms with Crippen LogP contribution in [0.4, 0.5) is 14.5 Å². The van der Waals surface area contributed by atoms with Gasteiger partial charge in [0, 0.05) is 6.04 Å². The van der Waals surface area contributed by atoms with Gasteiger partial charge in [0.1, 0.15) is 0 Å². The van der Waals surface area contributed by atoms with E-state index < -0.39 is 11.6 Å². The van der Waals surface area contributed by atoms with E-state index in [4.69, 9.17) is 0 Å². The van der Waals surface area contributed by atoms with E-state index in [9.17, 15) is 8.78 Å². The van der Waals surface area contributed by atoms with Gasteiger partial charge in [0.2, 0.25) is 0 Å². The lowest BCUT2D eigenvalue weighted by Crippen LogP contribution is -2.42. The predicted octanol–water partition coefficient (Wildman–Crippen LogP) is 4.35. The van der Waals surface area contributed by atoms with Crippen molar-refractivity contribution in [3.8, 4) is 0 Å². The Kier molecular flexibility index (Phi) is 3.23. The van der Waals surface area contributed by atoms with E-state index in [1.165, 1.54) is 44.6 Å². The van der Waals surface area contributed by atoms with E-state index in [-0.39, 0.29) is 0 Å².